The summed E-state index contributed by atoms with van der Waals surface area (Å²) in [6, 6.07) is 13.3. The van der Waals surface area contributed by atoms with Crippen LogP contribution in [0.25, 0.3) is 0 Å². The first-order chi connectivity index (χ1) is 14.4. The molecule has 158 valence electrons. The highest BCUT2D eigenvalue weighted by Crippen LogP contribution is 2.36. The van der Waals surface area contributed by atoms with E-state index in [-0.39, 0.29) is 30.0 Å². The fourth-order valence-corrected chi connectivity index (χ4v) is 4.22. The van der Waals surface area contributed by atoms with Gasteiger partial charge in [0.25, 0.3) is 5.91 Å². The van der Waals surface area contributed by atoms with E-state index in [4.69, 9.17) is 0 Å². The molecule has 1 heterocycles. The van der Waals surface area contributed by atoms with Crippen LogP contribution in [0, 0.1) is 6.92 Å². The van der Waals surface area contributed by atoms with Gasteiger partial charge in [-0.25, -0.2) is 0 Å². The zero-order valence-electron chi connectivity index (χ0n) is 17.6. The largest absolute Gasteiger partial charge is 0.350 e. The summed E-state index contributed by atoms with van der Waals surface area (Å²) in [4.78, 5) is 41.9. The molecule has 2 aromatic carbocycles. The lowest BCUT2D eigenvalue weighted by atomic mass is 10.1. The van der Waals surface area contributed by atoms with Crippen LogP contribution in [0.2, 0.25) is 0 Å². The number of aryl methyl sites for hydroxylation is 1. The Labute approximate surface area is 181 Å². The highest BCUT2D eigenvalue weighted by Gasteiger charge is 2.28. The number of anilines is 1. The first-order valence-electron chi connectivity index (χ1n) is 10.1. The van der Waals surface area contributed by atoms with Gasteiger partial charge >= 0.3 is 0 Å². The summed E-state index contributed by atoms with van der Waals surface area (Å²) >= 11 is 1.43. The third-order valence-corrected chi connectivity index (χ3v) is 6.16. The number of hydrogen-bond donors (Lipinski definition) is 1. The number of carbonyl (C=O) groups is 3. The Kier molecular flexibility index (Phi) is 7.15. The predicted molar refractivity (Wildman–Crippen MR) is 120 cm³/mol. The SMILES string of the molecule is CCN(CC)C(=O)c1ccc2c(c1)N(CC(=O)NCc1ccc(C)cc1)C(=O)CS2. The van der Waals surface area contributed by atoms with Gasteiger partial charge < -0.3 is 15.1 Å². The van der Waals surface area contributed by atoms with Gasteiger partial charge in [-0.15, -0.1) is 11.8 Å². The Morgan fingerprint density at radius 1 is 1.10 bits per heavy atom. The number of nitrogens with one attached hydrogen (secondary N) is 1. The molecule has 2 aromatic rings. The third-order valence-electron chi connectivity index (χ3n) is 5.11. The second kappa shape index (κ2) is 9.80. The summed E-state index contributed by atoms with van der Waals surface area (Å²) in [6.07, 6.45) is 0. The average Bonchev–Trinajstić information content (AvgIpc) is 2.75. The molecule has 0 radical (unpaired) electrons. The highest BCUT2D eigenvalue weighted by molar-refractivity contribution is 8.00. The van der Waals surface area contributed by atoms with Gasteiger partial charge in [0.1, 0.15) is 6.54 Å². The number of amides is 3. The minimum atomic E-state index is -0.234. The second-order valence-electron chi connectivity index (χ2n) is 7.19. The van der Waals surface area contributed by atoms with E-state index in [0.717, 1.165) is 16.0 Å². The molecule has 0 fully saturated rings. The van der Waals surface area contributed by atoms with Gasteiger partial charge in [-0.1, -0.05) is 29.8 Å². The Balaban J connectivity index is 1.74. The average molecular weight is 426 g/mol. The lowest BCUT2D eigenvalue weighted by molar-refractivity contribution is -0.123. The van der Waals surface area contributed by atoms with Crippen LogP contribution in [-0.2, 0) is 16.1 Å². The molecule has 0 aliphatic carbocycles. The summed E-state index contributed by atoms with van der Waals surface area (Å²) in [5, 5.41) is 2.88. The molecular formula is C23H27N3O3S. The number of rotatable bonds is 7. The van der Waals surface area contributed by atoms with Crippen LogP contribution in [0.4, 0.5) is 5.69 Å². The van der Waals surface area contributed by atoms with Crippen molar-refractivity contribution in [3.05, 3.63) is 59.2 Å². The Morgan fingerprint density at radius 2 is 1.80 bits per heavy atom. The molecule has 30 heavy (non-hydrogen) atoms. The summed E-state index contributed by atoms with van der Waals surface area (Å²) in [6.45, 7) is 7.45. The standard InChI is InChI=1S/C23H27N3O3S/c1-4-25(5-2)23(29)18-10-11-20-19(12-18)26(22(28)15-30-20)14-21(27)24-13-17-8-6-16(3)7-9-17/h6-12H,4-5,13-15H2,1-3H3,(H,24,27). The quantitative estimate of drug-likeness (QED) is 0.739. The summed E-state index contributed by atoms with van der Waals surface area (Å²) in [5.74, 6) is -0.163. The predicted octanol–water partition coefficient (Wildman–Crippen LogP) is 3.23. The summed E-state index contributed by atoms with van der Waals surface area (Å²) < 4.78 is 0. The number of hydrogen-bond acceptors (Lipinski definition) is 4. The molecule has 0 aromatic heterocycles. The molecule has 0 atom stereocenters. The third kappa shape index (κ3) is 5.02. The molecule has 1 aliphatic rings. The molecule has 0 saturated carbocycles. The van der Waals surface area contributed by atoms with Crippen molar-refractivity contribution < 1.29 is 14.4 Å². The van der Waals surface area contributed by atoms with E-state index in [1.54, 1.807) is 17.0 Å². The van der Waals surface area contributed by atoms with E-state index in [9.17, 15) is 14.4 Å². The maximum Gasteiger partial charge on any atom is 0.253 e. The molecule has 1 aliphatic heterocycles. The van der Waals surface area contributed by atoms with Crippen molar-refractivity contribution in [2.45, 2.75) is 32.2 Å². The minimum absolute atomic E-state index is 0.0683. The molecule has 0 spiro atoms. The van der Waals surface area contributed by atoms with Crippen LogP contribution in [0.3, 0.4) is 0 Å². The van der Waals surface area contributed by atoms with Crippen molar-refractivity contribution in [2.75, 3.05) is 30.3 Å². The maximum absolute atomic E-state index is 12.7. The summed E-state index contributed by atoms with van der Waals surface area (Å²) in [7, 11) is 0. The van der Waals surface area contributed by atoms with Gasteiger partial charge in [-0.3, -0.25) is 14.4 Å². The van der Waals surface area contributed by atoms with Crippen molar-refractivity contribution in [1.82, 2.24) is 10.2 Å². The molecule has 0 bridgehead atoms. The van der Waals surface area contributed by atoms with Gasteiger partial charge in [0.2, 0.25) is 11.8 Å². The van der Waals surface area contributed by atoms with E-state index in [1.165, 1.54) is 16.7 Å². The van der Waals surface area contributed by atoms with Crippen molar-refractivity contribution in [3.63, 3.8) is 0 Å². The van der Waals surface area contributed by atoms with Crippen LogP contribution in [0.5, 0.6) is 0 Å². The molecular weight excluding hydrogens is 398 g/mol. The van der Waals surface area contributed by atoms with Crippen molar-refractivity contribution in [2.24, 2.45) is 0 Å². The van der Waals surface area contributed by atoms with E-state index < -0.39 is 0 Å². The first kappa shape index (κ1) is 21.9. The molecule has 1 N–H and O–H groups in total. The van der Waals surface area contributed by atoms with E-state index in [1.807, 2.05) is 51.1 Å². The van der Waals surface area contributed by atoms with E-state index in [0.29, 0.717) is 30.9 Å². The molecule has 0 unspecified atom stereocenters. The molecule has 0 saturated heterocycles. The van der Waals surface area contributed by atoms with Crippen LogP contribution >= 0.6 is 11.8 Å². The van der Waals surface area contributed by atoms with Gasteiger partial charge in [-0.2, -0.15) is 0 Å². The van der Waals surface area contributed by atoms with Gasteiger partial charge in [-0.05, 0) is 44.5 Å². The zero-order valence-corrected chi connectivity index (χ0v) is 18.4. The monoisotopic (exact) mass is 425 g/mol. The number of carbonyl (C=O) groups excluding carboxylic acids is 3. The van der Waals surface area contributed by atoms with E-state index >= 15 is 0 Å². The number of thioether (sulfide) groups is 1. The van der Waals surface area contributed by atoms with E-state index in [2.05, 4.69) is 5.32 Å². The van der Waals surface area contributed by atoms with Crippen molar-refractivity contribution in [1.29, 1.82) is 0 Å². The molecule has 7 heteroatoms. The first-order valence-corrected chi connectivity index (χ1v) is 11.1. The lowest BCUT2D eigenvalue weighted by Gasteiger charge is -2.29. The normalized spacial score (nSPS) is 13.0. The van der Waals surface area contributed by atoms with Crippen molar-refractivity contribution >= 4 is 35.2 Å². The van der Waals surface area contributed by atoms with Gasteiger partial charge in [0, 0.05) is 30.1 Å². The number of nitrogens with zero attached hydrogens (tertiary/aromatic N) is 2. The Hall–Kier alpha value is -2.80. The lowest BCUT2D eigenvalue weighted by Crippen LogP contribution is -2.43. The van der Waals surface area contributed by atoms with Crippen molar-refractivity contribution in [3.8, 4) is 0 Å². The number of benzene rings is 2. The fraction of sp³-hybridized carbons (Fsp3) is 0.348. The minimum Gasteiger partial charge on any atom is -0.350 e. The van der Waals surface area contributed by atoms with Crippen LogP contribution in [0.15, 0.2) is 47.4 Å². The Bertz CT molecular complexity index is 939. The Morgan fingerprint density at radius 3 is 2.47 bits per heavy atom. The zero-order chi connectivity index (χ0) is 21.7. The van der Waals surface area contributed by atoms with Gasteiger partial charge in [0.15, 0.2) is 0 Å². The molecule has 3 rings (SSSR count). The molecule has 6 nitrogen and oxygen atoms in total. The smallest absolute Gasteiger partial charge is 0.253 e. The topological polar surface area (TPSA) is 69.7 Å². The highest BCUT2D eigenvalue weighted by atomic mass is 32.2. The molecule has 3 amide bonds. The maximum atomic E-state index is 12.7. The van der Waals surface area contributed by atoms with Crippen LogP contribution in [0.1, 0.15) is 35.3 Å². The number of fused-ring (bicyclic) bond motifs is 1. The van der Waals surface area contributed by atoms with Gasteiger partial charge in [0.05, 0.1) is 11.4 Å². The van der Waals surface area contributed by atoms with Crippen LogP contribution < -0.4 is 10.2 Å². The summed E-state index contributed by atoms with van der Waals surface area (Å²) in [5.41, 5.74) is 3.31. The van der Waals surface area contributed by atoms with Crippen LogP contribution in [-0.4, -0.2) is 48.0 Å². The fourth-order valence-electron chi connectivity index (χ4n) is 3.31. The second-order valence-corrected chi connectivity index (χ2v) is 8.21.